The Morgan fingerprint density at radius 3 is 1.33 bits per heavy atom. The number of hydrogen-bond donors (Lipinski definition) is 2. The summed E-state index contributed by atoms with van der Waals surface area (Å²) in [7, 11) is 0. The standard InChI is InChI=1S/C32H28F8N2/c1-5-15(3)17-7-9-18(10-8-17)19-11-13-20(14-12-19)42-32-29(39)25(35)22(26(36)30(32)40)21-23(33)27(37)31(28(38)24(21)34)41-16(4)6-2/h7-16,41-42H,5-6H2,1-4H3. The van der Waals surface area contributed by atoms with Gasteiger partial charge in [0, 0.05) is 11.7 Å². The molecule has 0 heterocycles. The predicted molar refractivity (Wildman–Crippen MR) is 149 cm³/mol. The van der Waals surface area contributed by atoms with Crippen molar-refractivity contribution in [3.05, 3.63) is 101 Å². The summed E-state index contributed by atoms with van der Waals surface area (Å²) >= 11 is 0. The molecule has 0 aromatic heterocycles. The molecule has 0 aliphatic carbocycles. The fourth-order valence-corrected chi connectivity index (χ4v) is 4.42. The molecular weight excluding hydrogens is 564 g/mol. The number of halogens is 8. The summed E-state index contributed by atoms with van der Waals surface area (Å²) < 4.78 is 119. The molecule has 4 rings (SSSR count). The summed E-state index contributed by atoms with van der Waals surface area (Å²) in [5.41, 5.74) is -3.52. The average Bonchev–Trinajstić information content (AvgIpc) is 3.01. The predicted octanol–water partition coefficient (Wildman–Crippen LogP) is 10.6. The molecule has 0 aliphatic rings. The molecule has 0 fully saturated rings. The van der Waals surface area contributed by atoms with Gasteiger partial charge in [0.2, 0.25) is 0 Å². The molecule has 2 nitrogen and oxygen atoms in total. The van der Waals surface area contributed by atoms with E-state index in [9.17, 15) is 17.6 Å². The van der Waals surface area contributed by atoms with Crippen LogP contribution >= 0.6 is 0 Å². The quantitative estimate of drug-likeness (QED) is 0.149. The first-order valence-corrected chi connectivity index (χ1v) is 13.4. The summed E-state index contributed by atoms with van der Waals surface area (Å²) in [6.07, 6.45) is 1.29. The van der Waals surface area contributed by atoms with Crippen molar-refractivity contribution in [3.8, 4) is 22.3 Å². The third-order valence-electron chi connectivity index (χ3n) is 7.36. The molecule has 0 spiro atoms. The van der Waals surface area contributed by atoms with Crippen molar-refractivity contribution in [1.29, 1.82) is 0 Å². The van der Waals surface area contributed by atoms with E-state index in [0.29, 0.717) is 12.3 Å². The van der Waals surface area contributed by atoms with Crippen LogP contribution in [0.5, 0.6) is 0 Å². The zero-order valence-electron chi connectivity index (χ0n) is 23.2. The Kier molecular flexibility index (Phi) is 9.13. The second-order valence-electron chi connectivity index (χ2n) is 10.1. The van der Waals surface area contributed by atoms with Gasteiger partial charge in [-0.3, -0.25) is 0 Å². The Morgan fingerprint density at radius 2 is 0.929 bits per heavy atom. The molecule has 2 unspecified atom stereocenters. The van der Waals surface area contributed by atoms with E-state index in [4.69, 9.17) is 0 Å². The zero-order chi connectivity index (χ0) is 30.9. The first kappa shape index (κ1) is 30.9. The van der Waals surface area contributed by atoms with Crippen LogP contribution in [0.25, 0.3) is 22.3 Å². The molecule has 0 amide bonds. The summed E-state index contributed by atoms with van der Waals surface area (Å²) in [4.78, 5) is 0. The minimum Gasteiger partial charge on any atom is -0.378 e. The van der Waals surface area contributed by atoms with Gasteiger partial charge < -0.3 is 10.6 Å². The smallest absolute Gasteiger partial charge is 0.186 e. The van der Waals surface area contributed by atoms with Crippen LogP contribution in [0.3, 0.4) is 0 Å². The number of benzene rings is 4. The molecule has 0 saturated carbocycles. The number of nitrogens with one attached hydrogen (secondary N) is 2. The molecule has 0 saturated heterocycles. The third kappa shape index (κ3) is 5.67. The highest BCUT2D eigenvalue weighted by Crippen LogP contribution is 2.41. The van der Waals surface area contributed by atoms with Crippen molar-refractivity contribution < 1.29 is 35.1 Å². The minimum absolute atomic E-state index is 0.0363. The Bertz CT molecular complexity index is 1540. The largest absolute Gasteiger partial charge is 0.378 e. The summed E-state index contributed by atoms with van der Waals surface area (Å²) in [6.45, 7) is 7.29. The number of hydrogen-bond acceptors (Lipinski definition) is 2. The van der Waals surface area contributed by atoms with Crippen LogP contribution in [0.4, 0.5) is 52.2 Å². The topological polar surface area (TPSA) is 24.1 Å². The van der Waals surface area contributed by atoms with Gasteiger partial charge in [-0.25, -0.2) is 35.1 Å². The fraction of sp³-hybridized carbons (Fsp3) is 0.250. The third-order valence-corrected chi connectivity index (χ3v) is 7.36. The van der Waals surface area contributed by atoms with E-state index in [1.165, 1.54) is 24.6 Å². The molecule has 4 aromatic rings. The van der Waals surface area contributed by atoms with Crippen molar-refractivity contribution in [2.45, 2.75) is 52.5 Å². The lowest BCUT2D eigenvalue weighted by atomic mass is 9.96. The summed E-state index contributed by atoms with van der Waals surface area (Å²) in [6, 6.07) is 13.2. The number of rotatable bonds is 9. The molecule has 10 heteroatoms. The Labute approximate surface area is 238 Å². The van der Waals surface area contributed by atoms with Crippen LogP contribution in [0, 0.1) is 46.5 Å². The maximum absolute atomic E-state index is 15.1. The minimum atomic E-state index is -2.24. The van der Waals surface area contributed by atoms with Gasteiger partial charge in [0.05, 0.1) is 11.1 Å². The Hall–Kier alpha value is -4.08. The van der Waals surface area contributed by atoms with Crippen molar-refractivity contribution >= 4 is 17.1 Å². The lowest BCUT2D eigenvalue weighted by Gasteiger charge is -2.19. The lowest BCUT2D eigenvalue weighted by Crippen LogP contribution is -2.18. The van der Waals surface area contributed by atoms with Crippen LogP contribution < -0.4 is 10.6 Å². The van der Waals surface area contributed by atoms with E-state index in [2.05, 4.69) is 24.5 Å². The fourth-order valence-electron chi connectivity index (χ4n) is 4.42. The van der Waals surface area contributed by atoms with Crippen molar-refractivity contribution in [3.63, 3.8) is 0 Å². The van der Waals surface area contributed by atoms with Gasteiger partial charge in [-0.2, -0.15) is 0 Å². The first-order chi connectivity index (χ1) is 19.9. The molecule has 222 valence electrons. The normalized spacial score (nSPS) is 12.8. The van der Waals surface area contributed by atoms with Crippen LogP contribution in [0.1, 0.15) is 52.0 Å². The van der Waals surface area contributed by atoms with E-state index in [-0.39, 0.29) is 5.69 Å². The second-order valence-corrected chi connectivity index (χ2v) is 10.1. The summed E-state index contributed by atoms with van der Waals surface area (Å²) in [5.74, 6) is -16.6. The molecule has 4 aromatic carbocycles. The second kappa shape index (κ2) is 12.4. The highest BCUT2D eigenvalue weighted by atomic mass is 19.2. The van der Waals surface area contributed by atoms with E-state index < -0.39 is 75.1 Å². The van der Waals surface area contributed by atoms with Crippen LogP contribution in [0.15, 0.2) is 48.5 Å². The average molecular weight is 593 g/mol. The van der Waals surface area contributed by atoms with Crippen LogP contribution in [-0.4, -0.2) is 6.04 Å². The lowest BCUT2D eigenvalue weighted by molar-refractivity contribution is 0.445. The van der Waals surface area contributed by atoms with Crippen LogP contribution in [-0.2, 0) is 0 Å². The van der Waals surface area contributed by atoms with Gasteiger partial charge in [0.25, 0.3) is 0 Å². The van der Waals surface area contributed by atoms with Gasteiger partial charge in [-0.1, -0.05) is 57.2 Å². The molecule has 2 N–H and O–H groups in total. The van der Waals surface area contributed by atoms with E-state index >= 15 is 17.6 Å². The maximum atomic E-state index is 15.1. The molecule has 0 bridgehead atoms. The molecular formula is C32H28F8N2. The van der Waals surface area contributed by atoms with E-state index in [1.54, 1.807) is 19.1 Å². The maximum Gasteiger partial charge on any atom is 0.186 e. The molecule has 0 radical (unpaired) electrons. The first-order valence-electron chi connectivity index (χ1n) is 13.4. The van der Waals surface area contributed by atoms with Gasteiger partial charge in [0.1, 0.15) is 11.4 Å². The highest BCUT2D eigenvalue weighted by molar-refractivity contribution is 5.75. The zero-order valence-corrected chi connectivity index (χ0v) is 23.2. The van der Waals surface area contributed by atoms with Gasteiger partial charge in [-0.15, -0.1) is 0 Å². The van der Waals surface area contributed by atoms with Crippen molar-refractivity contribution in [1.82, 2.24) is 0 Å². The monoisotopic (exact) mass is 592 g/mol. The highest BCUT2D eigenvalue weighted by Gasteiger charge is 2.34. The Balaban J connectivity index is 1.70. The van der Waals surface area contributed by atoms with Gasteiger partial charge in [0.15, 0.2) is 46.5 Å². The van der Waals surface area contributed by atoms with E-state index in [1.807, 2.05) is 24.3 Å². The van der Waals surface area contributed by atoms with E-state index in [0.717, 1.165) is 17.5 Å². The Morgan fingerprint density at radius 1 is 0.524 bits per heavy atom. The van der Waals surface area contributed by atoms with Gasteiger partial charge in [-0.05, 0) is 54.5 Å². The van der Waals surface area contributed by atoms with Gasteiger partial charge >= 0.3 is 0 Å². The SMILES string of the molecule is CCC(C)Nc1c(F)c(F)c(-c2c(F)c(F)c(Nc3ccc(-c4ccc(C(C)CC)cc4)cc3)c(F)c2F)c(F)c1F. The van der Waals surface area contributed by atoms with Crippen molar-refractivity contribution in [2.75, 3.05) is 10.6 Å². The van der Waals surface area contributed by atoms with Crippen molar-refractivity contribution in [2.24, 2.45) is 0 Å². The molecule has 42 heavy (non-hydrogen) atoms. The van der Waals surface area contributed by atoms with Crippen LogP contribution in [0.2, 0.25) is 0 Å². The summed E-state index contributed by atoms with van der Waals surface area (Å²) in [5, 5.41) is 4.45. The number of anilines is 3. The molecule has 2 atom stereocenters. The molecule has 0 aliphatic heterocycles.